The lowest BCUT2D eigenvalue weighted by Crippen LogP contribution is -1.92. The summed E-state index contributed by atoms with van der Waals surface area (Å²) in [5.41, 5.74) is 8.04. The van der Waals surface area contributed by atoms with Crippen molar-refractivity contribution in [2.45, 2.75) is 24.5 Å². The van der Waals surface area contributed by atoms with Gasteiger partial charge in [0.05, 0.1) is 11.4 Å². The first-order chi connectivity index (χ1) is 9.19. The van der Waals surface area contributed by atoms with Gasteiger partial charge in [0.2, 0.25) is 0 Å². The fourth-order valence-corrected chi connectivity index (χ4v) is 3.71. The van der Waals surface area contributed by atoms with Gasteiger partial charge in [-0.2, -0.15) is 0 Å². The van der Waals surface area contributed by atoms with Crippen LogP contribution in [0.5, 0.6) is 0 Å². The lowest BCUT2D eigenvalue weighted by molar-refractivity contribution is 1.26. The van der Waals surface area contributed by atoms with E-state index >= 15 is 0 Å². The third-order valence-corrected chi connectivity index (χ3v) is 5.08. The van der Waals surface area contributed by atoms with Crippen LogP contribution in [0.2, 0.25) is 0 Å². The normalized spacial score (nSPS) is 10.1. The molecule has 0 saturated carbocycles. The van der Waals surface area contributed by atoms with E-state index in [0.29, 0.717) is 6.54 Å². The summed E-state index contributed by atoms with van der Waals surface area (Å²) < 4.78 is 0. The van der Waals surface area contributed by atoms with Crippen LogP contribution in [0.4, 0.5) is 0 Å². The van der Waals surface area contributed by atoms with Gasteiger partial charge in [0, 0.05) is 15.5 Å². The van der Waals surface area contributed by atoms with Crippen LogP contribution in [0.25, 0.3) is 0 Å². The summed E-state index contributed by atoms with van der Waals surface area (Å²) in [4.78, 5) is 3.81. The van der Waals surface area contributed by atoms with E-state index in [4.69, 9.17) is 5.73 Å². The zero-order chi connectivity index (χ0) is 13.7. The second-order valence-corrected chi connectivity index (χ2v) is 6.51. The number of rotatable bonds is 3. The van der Waals surface area contributed by atoms with Crippen molar-refractivity contribution in [2.75, 3.05) is 6.54 Å². The van der Waals surface area contributed by atoms with Crippen molar-refractivity contribution in [1.82, 2.24) is 0 Å². The minimum Gasteiger partial charge on any atom is -0.320 e. The molecule has 0 radical (unpaired) electrons. The summed E-state index contributed by atoms with van der Waals surface area (Å²) in [6.07, 6.45) is 0. The van der Waals surface area contributed by atoms with Gasteiger partial charge in [-0.05, 0) is 37.6 Å². The van der Waals surface area contributed by atoms with E-state index in [1.807, 2.05) is 11.8 Å². The second kappa shape index (κ2) is 6.81. The molecule has 19 heavy (non-hydrogen) atoms. The van der Waals surface area contributed by atoms with Gasteiger partial charge in [0.1, 0.15) is 0 Å². The van der Waals surface area contributed by atoms with E-state index in [1.54, 1.807) is 11.3 Å². The summed E-state index contributed by atoms with van der Waals surface area (Å²) in [6.45, 7) is 4.72. The minimum absolute atomic E-state index is 0.421. The first kappa shape index (κ1) is 14.2. The lowest BCUT2D eigenvalue weighted by atomic mass is 10.2. The van der Waals surface area contributed by atoms with Crippen molar-refractivity contribution >= 4 is 23.1 Å². The Labute approximate surface area is 123 Å². The number of nitrogens with two attached hydrogens (primary N) is 1. The van der Waals surface area contributed by atoms with Crippen LogP contribution in [0, 0.1) is 25.7 Å². The fourth-order valence-electron chi connectivity index (χ4n) is 1.77. The molecule has 0 fully saturated rings. The summed E-state index contributed by atoms with van der Waals surface area (Å²) >= 11 is 3.63. The average Bonchev–Trinajstić information content (AvgIpc) is 2.83. The summed E-state index contributed by atoms with van der Waals surface area (Å²) in [6, 6.07) is 10.8. The zero-order valence-electron chi connectivity index (χ0n) is 11.2. The highest BCUT2D eigenvalue weighted by molar-refractivity contribution is 7.98. The number of benzene rings is 1. The van der Waals surface area contributed by atoms with Crippen molar-refractivity contribution < 1.29 is 0 Å². The highest BCUT2D eigenvalue weighted by Crippen LogP contribution is 2.29. The smallest absolute Gasteiger partial charge is 0.0772 e. The molecule has 0 bridgehead atoms. The highest BCUT2D eigenvalue weighted by Gasteiger charge is 2.02. The Morgan fingerprint density at radius 1 is 1.21 bits per heavy atom. The molecule has 1 heterocycles. The number of thiophene rings is 1. The maximum atomic E-state index is 5.37. The third kappa shape index (κ3) is 4.14. The molecule has 1 nitrogen and oxygen atoms in total. The number of aryl methyl sites for hydroxylation is 2. The van der Waals surface area contributed by atoms with Gasteiger partial charge in [0.25, 0.3) is 0 Å². The van der Waals surface area contributed by atoms with Crippen molar-refractivity contribution in [2.24, 2.45) is 5.73 Å². The quantitative estimate of drug-likeness (QED) is 0.683. The van der Waals surface area contributed by atoms with E-state index in [0.717, 1.165) is 10.6 Å². The first-order valence-corrected chi connectivity index (χ1v) is 7.97. The van der Waals surface area contributed by atoms with Crippen molar-refractivity contribution in [3.63, 3.8) is 0 Å². The van der Waals surface area contributed by atoms with Crippen molar-refractivity contribution in [3.05, 3.63) is 51.2 Å². The van der Waals surface area contributed by atoms with Crippen LogP contribution in [-0.2, 0) is 5.75 Å². The van der Waals surface area contributed by atoms with Gasteiger partial charge in [-0.25, -0.2) is 0 Å². The van der Waals surface area contributed by atoms with Gasteiger partial charge in [0.15, 0.2) is 0 Å². The molecular weight excluding hydrogens is 270 g/mol. The van der Waals surface area contributed by atoms with E-state index < -0.39 is 0 Å². The van der Waals surface area contributed by atoms with E-state index in [2.05, 4.69) is 56.0 Å². The summed E-state index contributed by atoms with van der Waals surface area (Å²) in [5.74, 6) is 6.96. The SMILES string of the molecule is Cc1ccc(SCc2ccc(C#CCN)s2)c(C)c1. The Hall–Kier alpha value is -1.21. The maximum absolute atomic E-state index is 5.37. The van der Waals surface area contributed by atoms with Crippen molar-refractivity contribution in [1.29, 1.82) is 0 Å². The topological polar surface area (TPSA) is 26.0 Å². The van der Waals surface area contributed by atoms with Gasteiger partial charge in [-0.3, -0.25) is 0 Å². The van der Waals surface area contributed by atoms with Crippen LogP contribution in [0.3, 0.4) is 0 Å². The van der Waals surface area contributed by atoms with E-state index in [9.17, 15) is 0 Å². The molecule has 0 aliphatic rings. The van der Waals surface area contributed by atoms with Crippen LogP contribution in [-0.4, -0.2) is 6.54 Å². The standard InChI is InChI=1S/C16H17NS2/c1-12-5-8-16(13(2)10-12)18-11-15-7-6-14(19-15)4-3-9-17/h5-8,10H,9,11,17H2,1-2H3. The molecule has 1 aromatic heterocycles. The molecule has 2 aromatic rings. The summed E-state index contributed by atoms with van der Waals surface area (Å²) in [7, 11) is 0. The minimum atomic E-state index is 0.421. The average molecular weight is 287 g/mol. The largest absolute Gasteiger partial charge is 0.320 e. The Bertz CT molecular complexity index is 617. The zero-order valence-corrected chi connectivity index (χ0v) is 12.8. The Morgan fingerprint density at radius 3 is 2.79 bits per heavy atom. The van der Waals surface area contributed by atoms with Crippen LogP contribution < -0.4 is 5.73 Å². The molecule has 0 amide bonds. The van der Waals surface area contributed by atoms with Gasteiger partial charge >= 0.3 is 0 Å². The molecule has 0 aliphatic carbocycles. The second-order valence-electron chi connectivity index (χ2n) is 4.33. The molecule has 0 aliphatic heterocycles. The molecule has 0 atom stereocenters. The predicted octanol–water partition coefficient (Wildman–Crippen LogP) is 3.97. The molecule has 2 N–H and O–H groups in total. The molecule has 0 saturated heterocycles. The van der Waals surface area contributed by atoms with Gasteiger partial charge < -0.3 is 5.73 Å². The van der Waals surface area contributed by atoms with Gasteiger partial charge in [-0.15, -0.1) is 23.1 Å². The van der Waals surface area contributed by atoms with Crippen LogP contribution >= 0.6 is 23.1 Å². The number of hydrogen-bond donors (Lipinski definition) is 1. The molecule has 0 spiro atoms. The monoisotopic (exact) mass is 287 g/mol. The lowest BCUT2D eigenvalue weighted by Gasteiger charge is -2.05. The Balaban J connectivity index is 2.00. The van der Waals surface area contributed by atoms with E-state index in [1.165, 1.54) is 20.9 Å². The summed E-state index contributed by atoms with van der Waals surface area (Å²) in [5, 5.41) is 0. The molecular formula is C16H17NS2. The molecule has 1 aromatic carbocycles. The molecule has 98 valence electrons. The fraction of sp³-hybridized carbons (Fsp3) is 0.250. The first-order valence-electron chi connectivity index (χ1n) is 6.17. The maximum Gasteiger partial charge on any atom is 0.0772 e. The van der Waals surface area contributed by atoms with Gasteiger partial charge in [-0.1, -0.05) is 29.5 Å². The highest BCUT2D eigenvalue weighted by atomic mass is 32.2. The molecule has 3 heteroatoms. The van der Waals surface area contributed by atoms with Crippen LogP contribution in [0.15, 0.2) is 35.2 Å². The third-order valence-electron chi connectivity index (χ3n) is 2.68. The Kier molecular flexibility index (Phi) is 5.09. The Morgan fingerprint density at radius 2 is 2.05 bits per heavy atom. The van der Waals surface area contributed by atoms with E-state index in [-0.39, 0.29) is 0 Å². The molecule has 0 unspecified atom stereocenters. The molecule has 2 rings (SSSR count). The number of hydrogen-bond acceptors (Lipinski definition) is 3. The number of thioether (sulfide) groups is 1. The van der Waals surface area contributed by atoms with Crippen LogP contribution in [0.1, 0.15) is 20.9 Å². The predicted molar refractivity (Wildman–Crippen MR) is 85.7 cm³/mol. The van der Waals surface area contributed by atoms with Crippen molar-refractivity contribution in [3.8, 4) is 11.8 Å².